The van der Waals surface area contributed by atoms with Crippen molar-refractivity contribution < 1.29 is 28.2 Å². The number of aliphatic hydroxyl groups is 2. The minimum absolute atomic E-state index is 0.0853. The highest BCUT2D eigenvalue weighted by atomic mass is 19.4. The fourth-order valence-corrected chi connectivity index (χ4v) is 2.61. The third-order valence-corrected chi connectivity index (χ3v) is 3.88. The second kappa shape index (κ2) is 6.66. The number of aliphatic hydroxyl groups excluding tert-OH is 2. The number of amides is 1. The summed E-state index contributed by atoms with van der Waals surface area (Å²) in [7, 11) is 0. The average molecular weight is 317 g/mol. The van der Waals surface area contributed by atoms with Crippen LogP contribution in [0.15, 0.2) is 24.3 Å². The van der Waals surface area contributed by atoms with Gasteiger partial charge in [-0.05, 0) is 37.0 Å². The second-order valence-corrected chi connectivity index (χ2v) is 5.49. The summed E-state index contributed by atoms with van der Waals surface area (Å²) in [6.45, 7) is -0.191. The average Bonchev–Trinajstić information content (AvgIpc) is 2.90. The Kier molecular flexibility index (Phi) is 5.08. The summed E-state index contributed by atoms with van der Waals surface area (Å²) >= 11 is 0. The van der Waals surface area contributed by atoms with Crippen molar-refractivity contribution in [2.45, 2.75) is 37.6 Å². The van der Waals surface area contributed by atoms with Crippen LogP contribution in [0.1, 0.15) is 36.5 Å². The van der Waals surface area contributed by atoms with Crippen LogP contribution in [-0.2, 0) is 11.0 Å². The van der Waals surface area contributed by atoms with Crippen LogP contribution in [0.5, 0.6) is 0 Å². The van der Waals surface area contributed by atoms with Crippen molar-refractivity contribution >= 4 is 5.91 Å². The van der Waals surface area contributed by atoms with E-state index in [0.717, 1.165) is 18.6 Å². The molecule has 0 aromatic heterocycles. The van der Waals surface area contributed by atoms with E-state index in [1.165, 1.54) is 12.1 Å². The number of halogens is 3. The van der Waals surface area contributed by atoms with Gasteiger partial charge in [0.2, 0.25) is 5.91 Å². The van der Waals surface area contributed by atoms with Gasteiger partial charge in [-0.3, -0.25) is 4.79 Å². The maximum Gasteiger partial charge on any atom is 0.416 e. The molecule has 1 aliphatic rings. The summed E-state index contributed by atoms with van der Waals surface area (Å²) in [5, 5.41) is 22.0. The molecular weight excluding hydrogens is 299 g/mol. The Bertz CT molecular complexity index is 533. The van der Waals surface area contributed by atoms with Gasteiger partial charge in [0.25, 0.3) is 0 Å². The lowest BCUT2D eigenvalue weighted by molar-refractivity contribution is -0.137. The van der Waals surface area contributed by atoms with Crippen LogP contribution in [0.3, 0.4) is 0 Å². The first-order valence-corrected chi connectivity index (χ1v) is 7.10. The van der Waals surface area contributed by atoms with E-state index in [9.17, 15) is 28.2 Å². The first-order valence-electron chi connectivity index (χ1n) is 7.10. The maximum absolute atomic E-state index is 12.6. The largest absolute Gasteiger partial charge is 0.416 e. The normalized spacial score (nSPS) is 23.3. The van der Waals surface area contributed by atoms with Gasteiger partial charge in [0, 0.05) is 6.54 Å². The Morgan fingerprint density at radius 3 is 2.68 bits per heavy atom. The Hall–Kier alpha value is -1.60. The molecule has 0 heterocycles. The number of nitrogens with one attached hydrogen (secondary N) is 1. The van der Waals surface area contributed by atoms with E-state index < -0.39 is 29.9 Å². The van der Waals surface area contributed by atoms with Crippen LogP contribution in [0.4, 0.5) is 13.2 Å². The molecule has 22 heavy (non-hydrogen) atoms. The van der Waals surface area contributed by atoms with Crippen molar-refractivity contribution in [3.8, 4) is 0 Å². The summed E-state index contributed by atoms with van der Waals surface area (Å²) in [4.78, 5) is 11.9. The topological polar surface area (TPSA) is 69.6 Å². The smallest absolute Gasteiger partial charge is 0.392 e. The first kappa shape index (κ1) is 16.8. The second-order valence-electron chi connectivity index (χ2n) is 5.49. The van der Waals surface area contributed by atoms with Crippen LogP contribution in [-0.4, -0.2) is 28.8 Å². The highest BCUT2D eigenvalue weighted by Crippen LogP contribution is 2.31. The molecule has 3 N–H and O–H groups in total. The molecule has 3 unspecified atom stereocenters. The summed E-state index contributed by atoms with van der Waals surface area (Å²) in [6, 6.07) is 4.37. The summed E-state index contributed by atoms with van der Waals surface area (Å²) in [5.74, 6) is -0.885. The molecule has 7 heteroatoms. The molecule has 1 fully saturated rings. The fraction of sp³-hybridized carbons (Fsp3) is 0.533. The minimum Gasteiger partial charge on any atom is -0.392 e. The number of carbonyl (C=O) groups is 1. The van der Waals surface area contributed by atoms with E-state index in [0.29, 0.717) is 12.8 Å². The van der Waals surface area contributed by atoms with Crippen molar-refractivity contribution in [1.29, 1.82) is 0 Å². The zero-order chi connectivity index (χ0) is 16.3. The van der Waals surface area contributed by atoms with Gasteiger partial charge in [0.05, 0.1) is 23.7 Å². The summed E-state index contributed by atoms with van der Waals surface area (Å²) < 4.78 is 37.8. The molecule has 0 spiro atoms. The predicted octanol–water partition coefficient (Wildman–Crippen LogP) is 2.02. The lowest BCUT2D eigenvalue weighted by Crippen LogP contribution is -2.37. The van der Waals surface area contributed by atoms with E-state index in [4.69, 9.17) is 0 Å². The number of rotatable bonds is 4. The predicted molar refractivity (Wildman–Crippen MR) is 72.8 cm³/mol. The third-order valence-electron chi connectivity index (χ3n) is 3.88. The van der Waals surface area contributed by atoms with E-state index in [-0.39, 0.29) is 18.0 Å². The highest BCUT2D eigenvalue weighted by molar-refractivity contribution is 5.79. The maximum atomic E-state index is 12.6. The molecule has 0 saturated heterocycles. The van der Waals surface area contributed by atoms with Gasteiger partial charge >= 0.3 is 6.18 Å². The monoisotopic (exact) mass is 317 g/mol. The molecule has 2 rings (SSSR count). The van der Waals surface area contributed by atoms with Crippen molar-refractivity contribution in [3.05, 3.63) is 35.4 Å². The molecule has 1 aromatic rings. The zero-order valence-electron chi connectivity index (χ0n) is 11.8. The SMILES string of the molecule is O=C(NCC(O)c1cccc(C(F)(F)F)c1)C1CCCC1O. The molecule has 1 aromatic carbocycles. The lowest BCUT2D eigenvalue weighted by Gasteiger charge is -2.17. The van der Waals surface area contributed by atoms with Gasteiger partial charge in [-0.25, -0.2) is 0 Å². The number of carbonyl (C=O) groups excluding carboxylic acids is 1. The molecule has 0 bridgehead atoms. The quantitative estimate of drug-likeness (QED) is 0.796. The number of alkyl halides is 3. The summed E-state index contributed by atoms with van der Waals surface area (Å²) in [5.41, 5.74) is -0.760. The van der Waals surface area contributed by atoms with Gasteiger partial charge in [-0.2, -0.15) is 13.2 Å². The van der Waals surface area contributed by atoms with E-state index >= 15 is 0 Å². The molecule has 4 nitrogen and oxygen atoms in total. The van der Waals surface area contributed by atoms with Crippen LogP contribution in [0.25, 0.3) is 0 Å². The molecular formula is C15H18F3NO3. The third kappa shape index (κ3) is 3.98. The first-order chi connectivity index (χ1) is 10.3. The Morgan fingerprint density at radius 1 is 1.36 bits per heavy atom. The Morgan fingerprint density at radius 2 is 2.09 bits per heavy atom. The Labute approximate surface area is 126 Å². The van der Waals surface area contributed by atoms with Crippen molar-refractivity contribution in [2.75, 3.05) is 6.54 Å². The molecule has 3 atom stereocenters. The molecule has 1 amide bonds. The highest BCUT2D eigenvalue weighted by Gasteiger charge is 2.32. The van der Waals surface area contributed by atoms with Crippen LogP contribution < -0.4 is 5.32 Å². The number of benzene rings is 1. The van der Waals surface area contributed by atoms with Crippen molar-refractivity contribution in [2.24, 2.45) is 5.92 Å². The molecule has 0 radical (unpaired) electrons. The number of hydrogen-bond donors (Lipinski definition) is 3. The van der Waals surface area contributed by atoms with Crippen molar-refractivity contribution in [3.63, 3.8) is 0 Å². The van der Waals surface area contributed by atoms with Crippen LogP contribution >= 0.6 is 0 Å². The van der Waals surface area contributed by atoms with E-state index in [1.54, 1.807) is 0 Å². The Balaban J connectivity index is 1.95. The lowest BCUT2D eigenvalue weighted by atomic mass is 10.0. The molecule has 1 saturated carbocycles. The van der Waals surface area contributed by atoms with Gasteiger partial charge in [0.1, 0.15) is 0 Å². The molecule has 122 valence electrons. The van der Waals surface area contributed by atoms with E-state index in [1.807, 2.05) is 0 Å². The zero-order valence-corrected chi connectivity index (χ0v) is 11.8. The standard InChI is InChI=1S/C15H18F3NO3/c16-15(17,18)10-4-1-3-9(7-10)13(21)8-19-14(22)11-5-2-6-12(11)20/h1,3-4,7,11-13,20-21H,2,5-6,8H2,(H,19,22). The minimum atomic E-state index is -4.48. The summed E-state index contributed by atoms with van der Waals surface area (Å²) in [6.07, 6.45) is -4.50. The number of hydrogen-bond acceptors (Lipinski definition) is 3. The molecule has 0 aliphatic heterocycles. The van der Waals surface area contributed by atoms with Gasteiger partial charge in [0.15, 0.2) is 0 Å². The van der Waals surface area contributed by atoms with Crippen molar-refractivity contribution in [1.82, 2.24) is 5.32 Å². The van der Waals surface area contributed by atoms with Gasteiger partial charge < -0.3 is 15.5 Å². The van der Waals surface area contributed by atoms with Crippen LogP contribution in [0.2, 0.25) is 0 Å². The molecule has 1 aliphatic carbocycles. The van der Waals surface area contributed by atoms with Crippen LogP contribution in [0, 0.1) is 5.92 Å². The van der Waals surface area contributed by atoms with Gasteiger partial charge in [-0.15, -0.1) is 0 Å². The fourth-order valence-electron chi connectivity index (χ4n) is 2.61. The van der Waals surface area contributed by atoms with Gasteiger partial charge in [-0.1, -0.05) is 12.1 Å². The van der Waals surface area contributed by atoms with E-state index in [2.05, 4.69) is 5.32 Å².